The Morgan fingerprint density at radius 2 is 2.00 bits per heavy atom. The summed E-state index contributed by atoms with van der Waals surface area (Å²) in [4.78, 5) is 2.58. The van der Waals surface area contributed by atoms with Crippen LogP contribution in [0.4, 0.5) is 0 Å². The lowest BCUT2D eigenvalue weighted by Crippen LogP contribution is -2.38. The van der Waals surface area contributed by atoms with Crippen LogP contribution in [0.5, 0.6) is 0 Å². The Balaban J connectivity index is 1.45. The van der Waals surface area contributed by atoms with Crippen LogP contribution in [0, 0.1) is 11.3 Å². The van der Waals surface area contributed by atoms with Crippen molar-refractivity contribution in [3.63, 3.8) is 0 Å². The molecule has 1 N–H and O–H groups in total. The summed E-state index contributed by atoms with van der Waals surface area (Å²) in [6.45, 7) is 5.92. The first-order chi connectivity index (χ1) is 9.07. The number of piperidine rings is 1. The van der Waals surface area contributed by atoms with E-state index >= 15 is 0 Å². The van der Waals surface area contributed by atoms with E-state index in [1.165, 1.54) is 45.4 Å². The molecule has 0 aromatic carbocycles. The van der Waals surface area contributed by atoms with Crippen LogP contribution in [0.2, 0.25) is 0 Å². The fourth-order valence-electron chi connectivity index (χ4n) is 4.05. The summed E-state index contributed by atoms with van der Waals surface area (Å²) < 4.78 is 22.9. The van der Waals surface area contributed by atoms with Gasteiger partial charge >= 0.3 is 0 Å². The highest BCUT2D eigenvalue weighted by molar-refractivity contribution is 7.91. The topological polar surface area (TPSA) is 49.4 Å². The minimum atomic E-state index is -2.69. The first kappa shape index (κ1) is 13.8. The van der Waals surface area contributed by atoms with Gasteiger partial charge in [0.05, 0.1) is 11.5 Å². The fraction of sp³-hybridized carbons (Fsp3) is 1.00. The first-order valence-corrected chi connectivity index (χ1v) is 9.53. The number of hydrogen-bond acceptors (Lipinski definition) is 4. The van der Waals surface area contributed by atoms with Gasteiger partial charge < -0.3 is 10.2 Å². The molecule has 0 aliphatic carbocycles. The van der Waals surface area contributed by atoms with Crippen LogP contribution in [0.25, 0.3) is 0 Å². The van der Waals surface area contributed by atoms with Gasteiger partial charge in [-0.05, 0) is 69.6 Å². The Labute approximate surface area is 116 Å². The van der Waals surface area contributed by atoms with Crippen molar-refractivity contribution in [1.29, 1.82) is 0 Å². The maximum Gasteiger partial charge on any atom is 0.150 e. The molecule has 0 aromatic rings. The van der Waals surface area contributed by atoms with Gasteiger partial charge in [-0.2, -0.15) is 0 Å². The minimum Gasteiger partial charge on any atom is -0.317 e. The molecule has 0 bridgehead atoms. The second-order valence-electron chi connectivity index (χ2n) is 6.83. The van der Waals surface area contributed by atoms with Crippen molar-refractivity contribution < 1.29 is 8.42 Å². The highest BCUT2D eigenvalue weighted by Gasteiger charge is 2.39. The standard InChI is InChI=1S/C14H26N2O2S/c17-19(18)10-2-13(11-19)1-8-16-9-5-14(12-16)3-6-15-7-4-14/h13,15H,1-12H2. The molecule has 4 nitrogen and oxygen atoms in total. The molecule has 0 amide bonds. The Bertz CT molecular complexity index is 415. The zero-order valence-electron chi connectivity index (χ0n) is 11.7. The summed E-state index contributed by atoms with van der Waals surface area (Å²) >= 11 is 0. The van der Waals surface area contributed by atoms with Crippen molar-refractivity contribution in [1.82, 2.24) is 10.2 Å². The van der Waals surface area contributed by atoms with Crippen molar-refractivity contribution in [2.24, 2.45) is 11.3 Å². The van der Waals surface area contributed by atoms with E-state index in [-0.39, 0.29) is 0 Å². The van der Waals surface area contributed by atoms with Gasteiger partial charge in [-0.1, -0.05) is 0 Å². The predicted molar refractivity (Wildman–Crippen MR) is 77.0 cm³/mol. The molecule has 1 unspecified atom stereocenters. The normalized spacial score (nSPS) is 34.0. The smallest absolute Gasteiger partial charge is 0.150 e. The van der Waals surface area contributed by atoms with Crippen LogP contribution < -0.4 is 5.32 Å². The molecule has 19 heavy (non-hydrogen) atoms. The number of nitrogens with one attached hydrogen (secondary N) is 1. The molecule has 0 saturated carbocycles. The van der Waals surface area contributed by atoms with Crippen molar-refractivity contribution in [2.45, 2.75) is 32.1 Å². The maximum atomic E-state index is 11.5. The van der Waals surface area contributed by atoms with Crippen LogP contribution in [0.3, 0.4) is 0 Å². The molecule has 5 heteroatoms. The van der Waals surface area contributed by atoms with Gasteiger partial charge in [-0.15, -0.1) is 0 Å². The highest BCUT2D eigenvalue weighted by Crippen LogP contribution is 2.38. The molecule has 1 spiro atoms. The lowest BCUT2D eigenvalue weighted by molar-refractivity contribution is 0.193. The van der Waals surface area contributed by atoms with Crippen LogP contribution in [-0.2, 0) is 9.84 Å². The fourth-order valence-corrected chi connectivity index (χ4v) is 5.96. The lowest BCUT2D eigenvalue weighted by Gasteiger charge is -2.34. The van der Waals surface area contributed by atoms with Crippen molar-refractivity contribution in [2.75, 3.05) is 44.2 Å². The Hall–Kier alpha value is -0.130. The summed E-state index contributed by atoms with van der Waals surface area (Å²) in [5.74, 6) is 1.29. The van der Waals surface area contributed by atoms with Crippen molar-refractivity contribution in [3.8, 4) is 0 Å². The average Bonchev–Trinajstić information content (AvgIpc) is 2.92. The number of hydrogen-bond donors (Lipinski definition) is 1. The predicted octanol–water partition coefficient (Wildman–Crippen LogP) is 0.887. The number of nitrogens with zero attached hydrogens (tertiary/aromatic N) is 1. The molecule has 3 heterocycles. The van der Waals surface area contributed by atoms with E-state index in [0.29, 0.717) is 22.8 Å². The first-order valence-electron chi connectivity index (χ1n) is 7.71. The summed E-state index contributed by atoms with van der Waals surface area (Å²) in [6.07, 6.45) is 5.96. The molecule has 0 aromatic heterocycles. The molecule has 3 rings (SSSR count). The highest BCUT2D eigenvalue weighted by atomic mass is 32.2. The molecular weight excluding hydrogens is 260 g/mol. The van der Waals surface area contributed by atoms with E-state index in [0.717, 1.165) is 19.4 Å². The Kier molecular flexibility index (Phi) is 3.89. The van der Waals surface area contributed by atoms with Crippen LogP contribution in [0.1, 0.15) is 32.1 Å². The summed E-state index contributed by atoms with van der Waals surface area (Å²) in [7, 11) is -2.69. The van der Waals surface area contributed by atoms with Gasteiger partial charge in [0.2, 0.25) is 0 Å². The quantitative estimate of drug-likeness (QED) is 0.837. The van der Waals surface area contributed by atoms with Crippen LogP contribution in [0.15, 0.2) is 0 Å². The zero-order valence-corrected chi connectivity index (χ0v) is 12.6. The van der Waals surface area contributed by atoms with Gasteiger partial charge in [0.25, 0.3) is 0 Å². The molecule has 3 aliphatic rings. The second kappa shape index (κ2) is 5.34. The Morgan fingerprint density at radius 3 is 2.68 bits per heavy atom. The van der Waals surface area contributed by atoms with Gasteiger partial charge in [0.1, 0.15) is 0 Å². The van der Waals surface area contributed by atoms with Gasteiger partial charge in [0.15, 0.2) is 9.84 Å². The molecular formula is C14H26N2O2S. The van der Waals surface area contributed by atoms with E-state index in [1.807, 2.05) is 0 Å². The molecule has 3 fully saturated rings. The third kappa shape index (κ3) is 3.31. The molecule has 3 saturated heterocycles. The van der Waals surface area contributed by atoms with E-state index in [2.05, 4.69) is 10.2 Å². The third-order valence-corrected chi connectivity index (χ3v) is 7.20. The van der Waals surface area contributed by atoms with E-state index in [1.54, 1.807) is 0 Å². The van der Waals surface area contributed by atoms with E-state index < -0.39 is 9.84 Å². The minimum absolute atomic E-state index is 0.424. The number of likely N-dealkylation sites (tertiary alicyclic amines) is 1. The average molecular weight is 286 g/mol. The Morgan fingerprint density at radius 1 is 1.21 bits per heavy atom. The number of rotatable bonds is 3. The molecule has 110 valence electrons. The summed E-state index contributed by atoms with van der Waals surface area (Å²) in [6, 6.07) is 0. The van der Waals surface area contributed by atoms with E-state index in [4.69, 9.17) is 0 Å². The molecule has 1 atom stereocenters. The third-order valence-electron chi connectivity index (χ3n) is 5.36. The summed E-state index contributed by atoms with van der Waals surface area (Å²) in [5.41, 5.74) is 0.576. The van der Waals surface area contributed by atoms with Crippen molar-refractivity contribution >= 4 is 9.84 Å². The lowest BCUT2D eigenvalue weighted by atomic mass is 9.78. The second-order valence-corrected chi connectivity index (χ2v) is 9.06. The summed E-state index contributed by atoms with van der Waals surface area (Å²) in [5, 5.41) is 3.45. The van der Waals surface area contributed by atoms with Gasteiger partial charge in [-0.25, -0.2) is 8.42 Å². The van der Waals surface area contributed by atoms with E-state index in [9.17, 15) is 8.42 Å². The van der Waals surface area contributed by atoms with Crippen LogP contribution >= 0.6 is 0 Å². The zero-order chi connectivity index (χ0) is 13.3. The van der Waals surface area contributed by atoms with Crippen LogP contribution in [-0.4, -0.2) is 57.5 Å². The maximum absolute atomic E-state index is 11.5. The monoisotopic (exact) mass is 286 g/mol. The SMILES string of the molecule is O=S1(=O)CCC(CCN2CCC3(CCNCC3)C2)C1. The van der Waals surface area contributed by atoms with Crippen molar-refractivity contribution in [3.05, 3.63) is 0 Å². The van der Waals surface area contributed by atoms with Gasteiger partial charge in [0, 0.05) is 6.54 Å². The molecule has 3 aliphatic heterocycles. The van der Waals surface area contributed by atoms with Gasteiger partial charge in [-0.3, -0.25) is 0 Å². The molecule has 0 radical (unpaired) electrons. The largest absolute Gasteiger partial charge is 0.317 e. The number of sulfone groups is 1.